The fourth-order valence-corrected chi connectivity index (χ4v) is 4.35. The number of rotatable bonds is 7. The van der Waals surface area contributed by atoms with E-state index in [1.165, 1.54) is 12.1 Å². The maximum atomic E-state index is 12.1. The summed E-state index contributed by atoms with van der Waals surface area (Å²) in [5.41, 5.74) is 0. The highest BCUT2D eigenvalue weighted by Gasteiger charge is 2.26. The summed E-state index contributed by atoms with van der Waals surface area (Å²) in [6.45, 7) is 5.88. The predicted octanol–water partition coefficient (Wildman–Crippen LogP) is 2.44. The first-order valence-electron chi connectivity index (χ1n) is 6.90. The monoisotopic (exact) mass is 343 g/mol. The average molecular weight is 344 g/mol. The predicted molar refractivity (Wildman–Crippen MR) is 94.2 cm³/mol. The van der Waals surface area contributed by atoms with Gasteiger partial charge in [-0.1, -0.05) is 42.0 Å². The second-order valence-electron chi connectivity index (χ2n) is 5.89. The van der Waals surface area contributed by atoms with Crippen LogP contribution in [-0.2, 0) is 9.59 Å². The van der Waals surface area contributed by atoms with Gasteiger partial charge in [0.15, 0.2) is 0 Å². The molecule has 0 spiro atoms. The third kappa shape index (κ3) is 5.85. The van der Waals surface area contributed by atoms with Crippen LogP contribution in [0.2, 0.25) is 18.1 Å². The minimum Gasteiger partial charge on any atom is -0.358 e. The van der Waals surface area contributed by atoms with Gasteiger partial charge >= 0.3 is 0 Å². The van der Waals surface area contributed by atoms with Crippen molar-refractivity contribution in [3.8, 4) is 0 Å². The summed E-state index contributed by atoms with van der Waals surface area (Å²) >= 11 is 10.1. The van der Waals surface area contributed by atoms with Gasteiger partial charge in [-0.15, -0.1) is 0 Å². The zero-order valence-electron chi connectivity index (χ0n) is 12.6. The summed E-state index contributed by atoms with van der Waals surface area (Å²) in [6.07, 6.45) is 0.883. The highest BCUT2D eigenvalue weighted by molar-refractivity contribution is 7.80. The highest BCUT2D eigenvalue weighted by atomic mass is 35.5. The fraction of sp³-hybridized carbons (Fsp3) is 0.467. The number of carbonyl (C=O) groups excluding carboxylic acids is 2. The van der Waals surface area contributed by atoms with Gasteiger partial charge < -0.3 is 10.1 Å². The number of hydrogen-bond acceptors (Lipinski definition) is 3. The topological polar surface area (TPSA) is 46.2 Å². The maximum absolute atomic E-state index is 12.1. The number of hydrogen-bond donors (Lipinski definition) is 2. The maximum Gasteiger partial charge on any atom is 0.224 e. The number of ketones is 1. The van der Waals surface area contributed by atoms with Crippen molar-refractivity contribution in [1.82, 2.24) is 5.32 Å². The van der Waals surface area contributed by atoms with Crippen LogP contribution in [0.5, 0.6) is 0 Å². The lowest BCUT2D eigenvalue weighted by molar-refractivity contribution is -0.127. The zero-order chi connectivity index (χ0) is 16.0. The molecule has 0 saturated carbocycles. The Morgan fingerprint density at radius 2 is 1.86 bits per heavy atom. The molecule has 1 aromatic rings. The normalized spacial score (nSPS) is 12.8. The molecule has 0 aromatic heterocycles. The molecule has 1 aromatic carbocycles. The molecule has 116 valence electrons. The summed E-state index contributed by atoms with van der Waals surface area (Å²) in [4.78, 5) is 23.3. The van der Waals surface area contributed by atoms with Crippen molar-refractivity contribution >= 4 is 49.2 Å². The van der Waals surface area contributed by atoms with Crippen molar-refractivity contribution in [2.45, 2.75) is 26.4 Å². The third-order valence-corrected chi connectivity index (χ3v) is 7.10. The Morgan fingerprint density at radius 3 is 2.33 bits per heavy atom. The van der Waals surface area contributed by atoms with Gasteiger partial charge in [0.05, 0.1) is 5.92 Å². The summed E-state index contributed by atoms with van der Waals surface area (Å²) < 4.78 is 0. The smallest absolute Gasteiger partial charge is 0.224 e. The molecule has 1 amide bonds. The molecule has 0 aliphatic heterocycles. The summed E-state index contributed by atoms with van der Waals surface area (Å²) in [6, 6.07) is 7.79. The molecule has 3 nitrogen and oxygen atoms in total. The summed E-state index contributed by atoms with van der Waals surface area (Å²) in [5, 5.41) is 4.93. The van der Waals surface area contributed by atoms with E-state index in [0.29, 0.717) is 16.9 Å². The van der Waals surface area contributed by atoms with Gasteiger partial charge in [-0.25, -0.2) is 0 Å². The largest absolute Gasteiger partial charge is 0.358 e. The first-order valence-corrected chi connectivity index (χ1v) is 11.1. The number of benzene rings is 1. The molecule has 21 heavy (non-hydrogen) atoms. The molecular formula is C15H22ClNO2SSi. The number of thiol groups is 1. The lowest BCUT2D eigenvalue weighted by atomic mass is 10.0. The molecular weight excluding hydrogens is 322 g/mol. The van der Waals surface area contributed by atoms with Crippen molar-refractivity contribution in [3.05, 3.63) is 29.3 Å². The SMILES string of the molecule is CC(=O)C[C@@H](CS)C(=O)NC[Si](C)(C)c1ccc(Cl)cc1. The average Bonchev–Trinajstić information content (AvgIpc) is 2.42. The molecule has 1 rings (SSSR count). The fourth-order valence-electron chi connectivity index (χ4n) is 2.04. The van der Waals surface area contributed by atoms with Crippen LogP contribution in [0.4, 0.5) is 0 Å². The van der Waals surface area contributed by atoms with Gasteiger partial charge in [-0.05, 0) is 19.1 Å². The molecule has 0 aliphatic rings. The zero-order valence-corrected chi connectivity index (χ0v) is 15.3. The molecule has 0 aliphatic carbocycles. The third-order valence-electron chi connectivity index (χ3n) is 3.46. The van der Waals surface area contributed by atoms with Crippen molar-refractivity contribution in [3.63, 3.8) is 0 Å². The standard InChI is InChI=1S/C15H22ClNO2SSi/c1-11(18)8-12(9-20)15(19)17-10-21(2,3)14-6-4-13(16)5-7-14/h4-7,12,20H,8-10H2,1-3H3,(H,17,19)/t12-/m0/s1. The van der Waals surface area contributed by atoms with Crippen molar-refractivity contribution in [2.75, 3.05) is 11.9 Å². The van der Waals surface area contributed by atoms with E-state index in [1.54, 1.807) is 0 Å². The van der Waals surface area contributed by atoms with Gasteiger partial charge in [0, 0.05) is 23.4 Å². The molecule has 1 N–H and O–H groups in total. The van der Waals surface area contributed by atoms with Gasteiger partial charge in [-0.3, -0.25) is 4.79 Å². The number of nitrogens with one attached hydrogen (secondary N) is 1. The molecule has 0 saturated heterocycles. The van der Waals surface area contributed by atoms with Crippen LogP contribution in [0, 0.1) is 5.92 Å². The Morgan fingerprint density at radius 1 is 1.29 bits per heavy atom. The Bertz CT molecular complexity index is 505. The molecule has 0 fully saturated rings. The molecule has 6 heteroatoms. The first kappa shape index (κ1) is 18.3. The van der Waals surface area contributed by atoms with Gasteiger partial charge in [0.1, 0.15) is 13.9 Å². The van der Waals surface area contributed by atoms with Crippen LogP contribution in [0.25, 0.3) is 0 Å². The van der Waals surface area contributed by atoms with E-state index in [9.17, 15) is 9.59 Å². The molecule has 0 unspecified atom stereocenters. The minimum atomic E-state index is -1.76. The van der Waals surface area contributed by atoms with Crippen molar-refractivity contribution in [2.24, 2.45) is 5.92 Å². The van der Waals surface area contributed by atoms with Crippen LogP contribution in [0.15, 0.2) is 24.3 Å². The first-order chi connectivity index (χ1) is 9.76. The van der Waals surface area contributed by atoms with Crippen LogP contribution < -0.4 is 10.5 Å². The number of Topliss-reactive ketones (excluding diaryl/α,β-unsaturated/α-hetero) is 1. The molecule has 0 heterocycles. The Hall–Kier alpha value is -0.783. The van der Waals surface area contributed by atoms with Crippen LogP contribution in [-0.4, -0.2) is 31.7 Å². The Labute approximate surface area is 137 Å². The van der Waals surface area contributed by atoms with Gasteiger partial charge in [0.25, 0.3) is 0 Å². The van der Waals surface area contributed by atoms with E-state index in [0.717, 1.165) is 0 Å². The lowest BCUT2D eigenvalue weighted by Crippen LogP contribution is -2.52. The second-order valence-corrected chi connectivity index (χ2v) is 11.4. The number of carbonyl (C=O) groups is 2. The van der Waals surface area contributed by atoms with Gasteiger partial charge in [-0.2, -0.15) is 12.6 Å². The van der Waals surface area contributed by atoms with Crippen LogP contribution in [0.3, 0.4) is 0 Å². The molecule has 0 radical (unpaired) electrons. The molecule has 1 atom stereocenters. The Balaban J connectivity index is 2.65. The summed E-state index contributed by atoms with van der Waals surface area (Å²) in [7, 11) is -1.76. The minimum absolute atomic E-state index is 0.0124. The van der Waals surface area contributed by atoms with E-state index < -0.39 is 8.07 Å². The molecule has 0 bridgehead atoms. The number of halogens is 1. The van der Waals surface area contributed by atoms with Gasteiger partial charge in [0.2, 0.25) is 5.91 Å². The van der Waals surface area contributed by atoms with Crippen LogP contribution >= 0.6 is 24.2 Å². The highest BCUT2D eigenvalue weighted by Crippen LogP contribution is 2.10. The lowest BCUT2D eigenvalue weighted by Gasteiger charge is -2.24. The van der Waals surface area contributed by atoms with E-state index in [2.05, 4.69) is 31.0 Å². The Kier molecular flexibility index (Phi) is 6.97. The van der Waals surface area contributed by atoms with Crippen molar-refractivity contribution in [1.29, 1.82) is 0 Å². The van der Waals surface area contributed by atoms with Crippen LogP contribution in [0.1, 0.15) is 13.3 Å². The van der Waals surface area contributed by atoms with E-state index >= 15 is 0 Å². The number of amides is 1. The quantitative estimate of drug-likeness (QED) is 0.590. The van der Waals surface area contributed by atoms with E-state index in [-0.39, 0.29) is 24.0 Å². The second kappa shape index (κ2) is 8.01. The van der Waals surface area contributed by atoms with E-state index in [1.807, 2.05) is 24.3 Å². The summed E-state index contributed by atoms with van der Waals surface area (Å²) in [5.74, 6) is -0.0389. The van der Waals surface area contributed by atoms with Crippen molar-refractivity contribution < 1.29 is 9.59 Å². The van der Waals surface area contributed by atoms with E-state index in [4.69, 9.17) is 11.6 Å².